The Balaban J connectivity index is 1.99. The van der Waals surface area contributed by atoms with E-state index in [4.69, 9.17) is 0 Å². The summed E-state index contributed by atoms with van der Waals surface area (Å²) in [5.41, 5.74) is 0. The van der Waals surface area contributed by atoms with Gasteiger partial charge in [-0.3, -0.25) is 4.90 Å². The molecule has 2 rings (SSSR count). The third kappa shape index (κ3) is 3.38. The van der Waals surface area contributed by atoms with Crippen LogP contribution in [-0.2, 0) is 0 Å². The van der Waals surface area contributed by atoms with Crippen LogP contribution >= 0.6 is 0 Å². The standard InChI is InChI=1S/C13H23F2NO/c14-13(15)9-16-8-4-3-6-11(16)10-5-1-2-7-12(10)17/h10-13,17H,1-9H2. The SMILES string of the molecule is OC1CCCCC1C1CCCCN1CC(F)F. The van der Waals surface area contributed by atoms with Crippen molar-refractivity contribution in [1.29, 1.82) is 0 Å². The van der Waals surface area contributed by atoms with E-state index in [1.165, 1.54) is 0 Å². The molecular weight excluding hydrogens is 224 g/mol. The van der Waals surface area contributed by atoms with Crippen LogP contribution in [0.15, 0.2) is 0 Å². The van der Waals surface area contributed by atoms with Crippen molar-refractivity contribution in [3.63, 3.8) is 0 Å². The van der Waals surface area contributed by atoms with Gasteiger partial charge in [0.25, 0.3) is 6.43 Å². The number of piperidine rings is 1. The molecule has 1 saturated heterocycles. The van der Waals surface area contributed by atoms with Gasteiger partial charge < -0.3 is 5.11 Å². The van der Waals surface area contributed by atoms with Gasteiger partial charge in [0.05, 0.1) is 12.6 Å². The summed E-state index contributed by atoms with van der Waals surface area (Å²) in [6.45, 7) is 0.659. The van der Waals surface area contributed by atoms with E-state index in [0.717, 1.165) is 51.5 Å². The Hall–Kier alpha value is -0.220. The van der Waals surface area contributed by atoms with Gasteiger partial charge in [0.1, 0.15) is 0 Å². The second-order valence-corrected chi connectivity index (χ2v) is 5.46. The summed E-state index contributed by atoms with van der Waals surface area (Å²) in [7, 11) is 0. The molecule has 1 saturated carbocycles. The summed E-state index contributed by atoms with van der Waals surface area (Å²) in [4.78, 5) is 1.92. The van der Waals surface area contributed by atoms with Gasteiger partial charge >= 0.3 is 0 Å². The number of nitrogens with zero attached hydrogens (tertiary/aromatic N) is 1. The summed E-state index contributed by atoms with van der Waals surface area (Å²) in [6, 6.07) is 0.188. The molecule has 100 valence electrons. The van der Waals surface area contributed by atoms with E-state index < -0.39 is 6.43 Å². The van der Waals surface area contributed by atoms with E-state index >= 15 is 0 Å². The number of likely N-dealkylation sites (tertiary alicyclic amines) is 1. The number of alkyl halides is 2. The summed E-state index contributed by atoms with van der Waals surface area (Å²) in [5, 5.41) is 10.1. The van der Waals surface area contributed by atoms with Crippen LogP contribution in [0, 0.1) is 5.92 Å². The summed E-state index contributed by atoms with van der Waals surface area (Å²) in [6.07, 6.45) is 4.67. The highest BCUT2D eigenvalue weighted by atomic mass is 19.3. The summed E-state index contributed by atoms with van der Waals surface area (Å²) < 4.78 is 25.1. The maximum atomic E-state index is 12.6. The molecule has 0 amide bonds. The van der Waals surface area contributed by atoms with Gasteiger partial charge in [0.15, 0.2) is 0 Å². The Labute approximate surface area is 102 Å². The number of aliphatic hydroxyl groups is 1. The normalized spacial score (nSPS) is 36.4. The molecular formula is C13H23F2NO. The van der Waals surface area contributed by atoms with Crippen molar-refractivity contribution in [2.24, 2.45) is 5.92 Å². The molecule has 0 spiro atoms. The third-order valence-corrected chi connectivity index (χ3v) is 4.31. The molecule has 3 unspecified atom stereocenters. The zero-order valence-corrected chi connectivity index (χ0v) is 10.3. The van der Waals surface area contributed by atoms with Crippen LogP contribution in [0.1, 0.15) is 44.9 Å². The van der Waals surface area contributed by atoms with Gasteiger partial charge in [-0.2, -0.15) is 0 Å². The van der Waals surface area contributed by atoms with Crippen molar-refractivity contribution in [3.8, 4) is 0 Å². The third-order valence-electron chi connectivity index (χ3n) is 4.31. The van der Waals surface area contributed by atoms with E-state index in [1.807, 2.05) is 4.90 Å². The first kappa shape index (κ1) is 13.2. The fourth-order valence-electron chi connectivity index (χ4n) is 3.49. The molecule has 1 heterocycles. The maximum absolute atomic E-state index is 12.6. The number of halogens is 2. The van der Waals surface area contributed by atoms with Gasteiger partial charge in [0, 0.05) is 12.0 Å². The highest BCUT2D eigenvalue weighted by molar-refractivity contribution is 4.89. The molecule has 17 heavy (non-hydrogen) atoms. The number of hydrogen-bond donors (Lipinski definition) is 1. The Kier molecular flexibility index (Phi) is 4.74. The second kappa shape index (κ2) is 6.10. The molecule has 0 bridgehead atoms. The number of rotatable bonds is 3. The zero-order valence-electron chi connectivity index (χ0n) is 10.3. The van der Waals surface area contributed by atoms with E-state index in [2.05, 4.69) is 0 Å². The monoisotopic (exact) mass is 247 g/mol. The van der Waals surface area contributed by atoms with Crippen LogP contribution in [0.2, 0.25) is 0 Å². The molecule has 1 aliphatic carbocycles. The van der Waals surface area contributed by atoms with Crippen molar-refractivity contribution in [2.45, 2.75) is 63.5 Å². The minimum absolute atomic E-state index is 0.117. The molecule has 0 radical (unpaired) electrons. The average molecular weight is 247 g/mol. The lowest BCUT2D eigenvalue weighted by atomic mass is 9.78. The van der Waals surface area contributed by atoms with Crippen molar-refractivity contribution in [3.05, 3.63) is 0 Å². The topological polar surface area (TPSA) is 23.5 Å². The molecule has 2 aliphatic rings. The minimum atomic E-state index is -2.25. The van der Waals surface area contributed by atoms with Crippen molar-refractivity contribution >= 4 is 0 Å². The predicted molar refractivity (Wildman–Crippen MR) is 63.2 cm³/mol. The predicted octanol–water partition coefficient (Wildman–Crippen LogP) is 2.66. The van der Waals surface area contributed by atoms with E-state index in [1.54, 1.807) is 0 Å². The van der Waals surface area contributed by atoms with Gasteiger partial charge in [-0.25, -0.2) is 8.78 Å². The van der Waals surface area contributed by atoms with E-state index in [0.29, 0.717) is 0 Å². The Bertz CT molecular complexity index is 237. The first-order chi connectivity index (χ1) is 8.18. The highest BCUT2D eigenvalue weighted by Crippen LogP contribution is 2.34. The number of aliphatic hydroxyl groups excluding tert-OH is 1. The van der Waals surface area contributed by atoms with E-state index in [-0.39, 0.29) is 24.6 Å². The van der Waals surface area contributed by atoms with E-state index in [9.17, 15) is 13.9 Å². The molecule has 0 aromatic heterocycles. The van der Waals surface area contributed by atoms with Crippen LogP contribution in [0.4, 0.5) is 8.78 Å². The molecule has 2 fully saturated rings. The quantitative estimate of drug-likeness (QED) is 0.828. The molecule has 3 atom stereocenters. The molecule has 2 nitrogen and oxygen atoms in total. The van der Waals surface area contributed by atoms with Gasteiger partial charge in [0.2, 0.25) is 0 Å². The summed E-state index contributed by atoms with van der Waals surface area (Å²) >= 11 is 0. The Morgan fingerprint density at radius 2 is 1.76 bits per heavy atom. The average Bonchev–Trinajstić information content (AvgIpc) is 2.30. The molecule has 1 N–H and O–H groups in total. The highest BCUT2D eigenvalue weighted by Gasteiger charge is 2.36. The fraction of sp³-hybridized carbons (Fsp3) is 1.00. The van der Waals surface area contributed by atoms with Crippen molar-refractivity contribution in [2.75, 3.05) is 13.1 Å². The largest absolute Gasteiger partial charge is 0.393 e. The Morgan fingerprint density at radius 3 is 2.47 bits per heavy atom. The maximum Gasteiger partial charge on any atom is 0.251 e. The molecule has 4 heteroatoms. The first-order valence-corrected chi connectivity index (χ1v) is 6.88. The number of hydrogen-bond acceptors (Lipinski definition) is 2. The second-order valence-electron chi connectivity index (χ2n) is 5.46. The first-order valence-electron chi connectivity index (χ1n) is 6.88. The van der Waals surface area contributed by atoms with Crippen LogP contribution in [-0.4, -0.2) is 41.7 Å². The van der Waals surface area contributed by atoms with Crippen molar-refractivity contribution in [1.82, 2.24) is 4.90 Å². The van der Waals surface area contributed by atoms with Crippen LogP contribution in [0.5, 0.6) is 0 Å². The van der Waals surface area contributed by atoms with Gasteiger partial charge in [-0.1, -0.05) is 19.3 Å². The smallest absolute Gasteiger partial charge is 0.251 e. The molecule has 0 aromatic rings. The van der Waals surface area contributed by atoms with Gasteiger partial charge in [-0.05, 0) is 32.2 Å². The minimum Gasteiger partial charge on any atom is -0.393 e. The molecule has 0 aromatic carbocycles. The lowest BCUT2D eigenvalue weighted by molar-refractivity contribution is -0.0261. The Morgan fingerprint density at radius 1 is 1.06 bits per heavy atom. The lowest BCUT2D eigenvalue weighted by Crippen LogP contribution is -2.50. The fourth-order valence-corrected chi connectivity index (χ4v) is 3.49. The van der Waals surface area contributed by atoms with Crippen LogP contribution < -0.4 is 0 Å². The van der Waals surface area contributed by atoms with Gasteiger partial charge in [-0.15, -0.1) is 0 Å². The molecule has 1 aliphatic heterocycles. The van der Waals surface area contributed by atoms with Crippen LogP contribution in [0.25, 0.3) is 0 Å². The summed E-state index contributed by atoms with van der Waals surface area (Å²) in [5.74, 6) is 0.225. The zero-order chi connectivity index (χ0) is 12.3. The van der Waals surface area contributed by atoms with Crippen molar-refractivity contribution < 1.29 is 13.9 Å². The van der Waals surface area contributed by atoms with Crippen LogP contribution in [0.3, 0.4) is 0 Å². The lowest BCUT2D eigenvalue weighted by Gasteiger charge is -2.43.